The van der Waals surface area contributed by atoms with Gasteiger partial charge in [0, 0.05) is 6.54 Å². The zero-order valence-electron chi connectivity index (χ0n) is 17.0. The van der Waals surface area contributed by atoms with Crippen LogP contribution in [0.2, 0.25) is 5.02 Å². The first kappa shape index (κ1) is 22.7. The van der Waals surface area contributed by atoms with Gasteiger partial charge >= 0.3 is 5.69 Å². The van der Waals surface area contributed by atoms with Crippen molar-refractivity contribution >= 4 is 17.5 Å². The molecule has 0 aliphatic heterocycles. The van der Waals surface area contributed by atoms with Gasteiger partial charge < -0.3 is 15.3 Å². The minimum absolute atomic E-state index is 0.0175. The van der Waals surface area contributed by atoms with Crippen LogP contribution < -0.4 is 16.6 Å². The maximum absolute atomic E-state index is 12.8. The first-order valence-corrected chi connectivity index (χ1v) is 10.6. The van der Waals surface area contributed by atoms with E-state index >= 15 is 0 Å². The van der Waals surface area contributed by atoms with Crippen LogP contribution in [0.4, 0.5) is 0 Å². The minimum Gasteiger partial charge on any atom is -0.388 e. The molecule has 31 heavy (non-hydrogen) atoms. The lowest BCUT2D eigenvalue weighted by Crippen LogP contribution is -2.42. The molecule has 1 aromatic heterocycles. The highest BCUT2D eigenvalue weighted by molar-refractivity contribution is 6.33. The van der Waals surface area contributed by atoms with Crippen molar-refractivity contribution in [1.82, 2.24) is 19.7 Å². The van der Waals surface area contributed by atoms with Crippen LogP contribution in [0.15, 0.2) is 34.0 Å². The summed E-state index contributed by atoms with van der Waals surface area (Å²) < 4.78 is 1.90. The zero-order chi connectivity index (χ0) is 22.4. The summed E-state index contributed by atoms with van der Waals surface area (Å²) in [7, 11) is 0. The van der Waals surface area contributed by atoms with E-state index in [-0.39, 0.29) is 35.9 Å². The Labute approximate surface area is 184 Å². The predicted octanol–water partition coefficient (Wildman–Crippen LogP) is 1.78. The molecular weight excluding hydrogens is 422 g/mol. The molecule has 9 nitrogen and oxygen atoms in total. The van der Waals surface area contributed by atoms with Crippen molar-refractivity contribution < 1.29 is 9.90 Å². The lowest BCUT2D eigenvalue weighted by Gasteiger charge is -2.26. The third-order valence-electron chi connectivity index (χ3n) is 5.45. The fourth-order valence-corrected chi connectivity index (χ4v) is 3.89. The molecule has 1 fully saturated rings. The van der Waals surface area contributed by atoms with E-state index in [1.165, 1.54) is 18.2 Å². The second-order valence-corrected chi connectivity index (χ2v) is 8.10. The topological polar surface area (TPSA) is 111 Å². The Morgan fingerprint density at radius 3 is 2.65 bits per heavy atom. The van der Waals surface area contributed by atoms with Crippen molar-refractivity contribution in [3.63, 3.8) is 0 Å². The summed E-state index contributed by atoms with van der Waals surface area (Å²) in [5.41, 5.74) is -1.87. The number of carbonyl (C=O) groups is 1. The number of aliphatic hydroxyl groups is 1. The van der Waals surface area contributed by atoms with Gasteiger partial charge in [-0.1, -0.05) is 37.3 Å². The van der Waals surface area contributed by atoms with Crippen LogP contribution in [-0.4, -0.2) is 44.1 Å². The molecule has 0 spiro atoms. The van der Waals surface area contributed by atoms with Gasteiger partial charge in [0.05, 0.1) is 21.9 Å². The summed E-state index contributed by atoms with van der Waals surface area (Å²) >= 11 is 6.21. The third kappa shape index (κ3) is 5.40. The molecule has 0 saturated heterocycles. The fourth-order valence-electron chi connectivity index (χ4n) is 3.69. The summed E-state index contributed by atoms with van der Waals surface area (Å²) in [5, 5.41) is 17.6. The number of hydrogen-bond acceptors (Lipinski definition) is 5. The summed E-state index contributed by atoms with van der Waals surface area (Å²) in [6.45, 7) is 6.90. The molecule has 10 heteroatoms. The maximum atomic E-state index is 12.8. The maximum Gasteiger partial charge on any atom is 0.352 e. The zero-order valence-corrected chi connectivity index (χ0v) is 17.8. The van der Waals surface area contributed by atoms with Crippen molar-refractivity contribution in [3.8, 4) is 5.69 Å². The molecule has 1 heterocycles. The molecule has 0 unspecified atom stereocenters. The molecule has 0 radical (unpaired) electrons. The highest BCUT2D eigenvalue weighted by Gasteiger charge is 2.28. The van der Waals surface area contributed by atoms with Crippen molar-refractivity contribution in [2.24, 2.45) is 0 Å². The first-order chi connectivity index (χ1) is 14.8. The molecule has 1 amide bonds. The number of nitrogens with zero attached hydrogens (tertiary/aromatic N) is 4. The largest absolute Gasteiger partial charge is 0.388 e. The molecule has 1 saturated carbocycles. The van der Waals surface area contributed by atoms with Gasteiger partial charge in [0.2, 0.25) is 6.54 Å². The Kier molecular flexibility index (Phi) is 7.25. The van der Waals surface area contributed by atoms with Gasteiger partial charge in [-0.15, -0.1) is 0 Å². The number of rotatable bonds is 6. The van der Waals surface area contributed by atoms with Crippen LogP contribution in [0.3, 0.4) is 0 Å². The van der Waals surface area contributed by atoms with E-state index in [1.54, 1.807) is 0 Å². The summed E-state index contributed by atoms with van der Waals surface area (Å²) in [5.74, 6) is -0.473. The van der Waals surface area contributed by atoms with Crippen LogP contribution in [0.25, 0.3) is 10.5 Å². The Hall–Kier alpha value is -2.96. The number of hydrogen-bond donors (Lipinski definition) is 2. The lowest BCUT2D eigenvalue weighted by molar-refractivity contribution is 0.0246. The van der Waals surface area contributed by atoms with Gasteiger partial charge in [0.25, 0.3) is 11.5 Å². The monoisotopic (exact) mass is 445 g/mol. The Morgan fingerprint density at radius 1 is 1.26 bits per heavy atom. The van der Waals surface area contributed by atoms with E-state index in [0.717, 1.165) is 41.1 Å². The van der Waals surface area contributed by atoms with Gasteiger partial charge in [-0.25, -0.2) is 15.9 Å². The van der Waals surface area contributed by atoms with Gasteiger partial charge in [-0.3, -0.25) is 9.59 Å². The van der Waals surface area contributed by atoms with E-state index in [4.69, 9.17) is 18.2 Å². The number of aromatic nitrogens is 3. The van der Waals surface area contributed by atoms with Crippen molar-refractivity contribution in [2.45, 2.75) is 50.7 Å². The summed E-state index contributed by atoms with van der Waals surface area (Å²) in [6, 6.07) is 4.39. The average Bonchev–Trinajstić information content (AvgIpc) is 2.97. The van der Waals surface area contributed by atoms with E-state index in [9.17, 15) is 19.5 Å². The standard InChI is InChI=1S/C21H24ClN5O4/c1-23-10-11-26-18(28)13-25-27(20(26)30)15-6-7-17(22)16(12-15)19(29)24-14-21(31)8-4-2-3-5-9-21/h6-7,12-13,31H,2-5,8-11,14H2,(H,24,29). The predicted molar refractivity (Wildman–Crippen MR) is 116 cm³/mol. The van der Waals surface area contributed by atoms with E-state index in [2.05, 4.69) is 15.3 Å². The summed E-state index contributed by atoms with van der Waals surface area (Å²) in [4.78, 5) is 40.5. The van der Waals surface area contributed by atoms with Crippen LogP contribution in [0.5, 0.6) is 0 Å². The molecular formula is C21H24ClN5O4. The highest BCUT2D eigenvalue weighted by atomic mass is 35.5. The molecule has 0 bridgehead atoms. The molecule has 2 aromatic rings. The average molecular weight is 446 g/mol. The van der Waals surface area contributed by atoms with Gasteiger partial charge in [-0.05, 0) is 31.0 Å². The first-order valence-electron chi connectivity index (χ1n) is 10.2. The molecule has 1 aliphatic rings. The SMILES string of the molecule is [C-]#[N+]CCn1c(=O)cnn(-c2ccc(Cl)c(C(=O)NCC3(O)CCCCCC3)c2)c1=O. The Bertz CT molecular complexity index is 1110. The minimum atomic E-state index is -0.937. The van der Waals surface area contributed by atoms with Crippen LogP contribution in [-0.2, 0) is 6.54 Å². The number of carbonyl (C=O) groups excluding carboxylic acids is 1. The summed E-state index contributed by atoms with van der Waals surface area (Å²) in [6.07, 6.45) is 6.23. The second-order valence-electron chi connectivity index (χ2n) is 7.70. The third-order valence-corrected chi connectivity index (χ3v) is 5.78. The molecule has 1 aromatic carbocycles. The number of benzene rings is 1. The van der Waals surface area contributed by atoms with E-state index in [1.807, 2.05) is 0 Å². The lowest BCUT2D eigenvalue weighted by atomic mass is 9.94. The number of halogens is 1. The Morgan fingerprint density at radius 2 is 1.97 bits per heavy atom. The fraction of sp³-hybridized carbons (Fsp3) is 0.476. The smallest absolute Gasteiger partial charge is 0.352 e. The molecule has 1 aliphatic carbocycles. The Balaban J connectivity index is 1.85. The normalized spacial score (nSPS) is 15.6. The molecule has 3 rings (SSSR count). The number of amides is 1. The van der Waals surface area contributed by atoms with Crippen LogP contribution >= 0.6 is 11.6 Å². The molecule has 164 valence electrons. The second kappa shape index (κ2) is 9.90. The van der Waals surface area contributed by atoms with Gasteiger partial charge in [-0.2, -0.15) is 9.78 Å². The van der Waals surface area contributed by atoms with Crippen molar-refractivity contribution in [1.29, 1.82) is 0 Å². The number of nitrogens with one attached hydrogen (secondary N) is 1. The van der Waals surface area contributed by atoms with Gasteiger partial charge in [0.1, 0.15) is 12.7 Å². The van der Waals surface area contributed by atoms with E-state index < -0.39 is 22.8 Å². The quantitative estimate of drug-likeness (QED) is 0.520. The van der Waals surface area contributed by atoms with Crippen LogP contribution in [0.1, 0.15) is 48.9 Å². The van der Waals surface area contributed by atoms with Crippen molar-refractivity contribution in [3.05, 3.63) is 67.2 Å². The molecule has 2 N–H and O–H groups in total. The highest BCUT2D eigenvalue weighted by Crippen LogP contribution is 2.26. The molecule has 0 atom stereocenters. The van der Waals surface area contributed by atoms with Crippen molar-refractivity contribution in [2.75, 3.05) is 13.1 Å². The van der Waals surface area contributed by atoms with Crippen LogP contribution in [0, 0.1) is 6.57 Å². The van der Waals surface area contributed by atoms with Gasteiger partial charge in [0.15, 0.2) is 0 Å². The van der Waals surface area contributed by atoms with E-state index in [0.29, 0.717) is 12.8 Å².